The number of aryl methyl sites for hydroxylation is 1. The van der Waals surface area contributed by atoms with Crippen molar-refractivity contribution in [3.63, 3.8) is 0 Å². The molecule has 0 atom stereocenters. The average Bonchev–Trinajstić information content (AvgIpc) is 2.29. The molecule has 0 aliphatic rings. The highest BCUT2D eigenvalue weighted by Gasteiger charge is 2.15. The van der Waals surface area contributed by atoms with Gasteiger partial charge in [-0.25, -0.2) is 9.97 Å². The van der Waals surface area contributed by atoms with Crippen LogP contribution in [0.3, 0.4) is 0 Å². The number of rotatable bonds is 6. The van der Waals surface area contributed by atoms with E-state index in [1.54, 1.807) is 6.92 Å². The van der Waals surface area contributed by atoms with Crippen molar-refractivity contribution in [3.8, 4) is 0 Å². The molecule has 0 bridgehead atoms. The van der Waals surface area contributed by atoms with Crippen LogP contribution in [-0.4, -0.2) is 41.1 Å². The first-order valence-electron chi connectivity index (χ1n) is 5.49. The average molecular weight is 258 g/mol. The quantitative estimate of drug-likeness (QED) is 0.617. The molecule has 0 unspecified atom stereocenters. The van der Waals surface area contributed by atoms with Gasteiger partial charge in [0.25, 0.3) is 0 Å². The van der Waals surface area contributed by atoms with Crippen LogP contribution in [0.15, 0.2) is 0 Å². The molecule has 0 aliphatic heterocycles. The van der Waals surface area contributed by atoms with Gasteiger partial charge in [-0.05, 0) is 20.3 Å². The lowest BCUT2D eigenvalue weighted by molar-refractivity contribution is 0.112. The molecular formula is C11H16ClN3O2. The number of aliphatic hydroxyl groups excluding tert-OH is 1. The molecule has 17 heavy (non-hydrogen) atoms. The van der Waals surface area contributed by atoms with E-state index in [4.69, 9.17) is 16.7 Å². The highest BCUT2D eigenvalue weighted by molar-refractivity contribution is 6.32. The van der Waals surface area contributed by atoms with Crippen LogP contribution < -0.4 is 4.90 Å². The Morgan fingerprint density at radius 3 is 2.71 bits per heavy atom. The number of aldehydes is 1. The Morgan fingerprint density at radius 1 is 1.47 bits per heavy atom. The van der Waals surface area contributed by atoms with Crippen LogP contribution in [0.1, 0.15) is 29.5 Å². The highest BCUT2D eigenvalue weighted by atomic mass is 35.5. The second-order valence-electron chi connectivity index (χ2n) is 3.57. The van der Waals surface area contributed by atoms with Crippen LogP contribution in [0.25, 0.3) is 0 Å². The van der Waals surface area contributed by atoms with E-state index in [1.807, 2.05) is 11.8 Å². The summed E-state index contributed by atoms with van der Waals surface area (Å²) in [5.41, 5.74) is 0.303. The zero-order valence-corrected chi connectivity index (χ0v) is 10.7. The van der Waals surface area contributed by atoms with Gasteiger partial charge in [0.2, 0.25) is 0 Å². The van der Waals surface area contributed by atoms with Crippen molar-refractivity contribution in [2.45, 2.75) is 20.3 Å². The highest BCUT2D eigenvalue weighted by Crippen LogP contribution is 2.22. The second kappa shape index (κ2) is 6.51. The summed E-state index contributed by atoms with van der Waals surface area (Å²) in [5, 5.41) is 9.01. The molecule has 0 aromatic carbocycles. The smallest absolute Gasteiger partial charge is 0.156 e. The molecule has 6 heteroatoms. The number of carbonyl (C=O) groups excluding carboxylic acids is 1. The number of aliphatic hydroxyl groups is 1. The standard InChI is InChI=1S/C11H16ClN3O2/c1-3-15(5-4-6-16)11-9(7-17)10(12)13-8(2)14-11/h7,16H,3-6H2,1-2H3. The largest absolute Gasteiger partial charge is 0.396 e. The maximum atomic E-state index is 11.0. The molecular weight excluding hydrogens is 242 g/mol. The zero-order chi connectivity index (χ0) is 12.8. The van der Waals surface area contributed by atoms with Crippen molar-refractivity contribution in [2.75, 3.05) is 24.6 Å². The van der Waals surface area contributed by atoms with Crippen molar-refractivity contribution in [3.05, 3.63) is 16.5 Å². The Kier molecular flexibility index (Phi) is 5.31. The minimum absolute atomic E-state index is 0.102. The Bertz CT molecular complexity index is 399. The molecule has 0 amide bonds. The van der Waals surface area contributed by atoms with Crippen molar-refractivity contribution in [2.24, 2.45) is 0 Å². The number of nitrogens with zero attached hydrogens (tertiary/aromatic N) is 3. The number of aromatic nitrogens is 2. The molecule has 0 radical (unpaired) electrons. The van der Waals surface area contributed by atoms with Gasteiger partial charge in [0.1, 0.15) is 16.8 Å². The monoisotopic (exact) mass is 257 g/mol. The molecule has 0 aliphatic carbocycles. The van der Waals surface area contributed by atoms with Crippen LogP contribution in [0, 0.1) is 6.92 Å². The van der Waals surface area contributed by atoms with E-state index in [1.165, 1.54) is 0 Å². The minimum atomic E-state index is 0.102. The third-order valence-electron chi connectivity index (χ3n) is 2.38. The summed E-state index contributed by atoms with van der Waals surface area (Å²) >= 11 is 5.91. The Morgan fingerprint density at radius 2 is 2.18 bits per heavy atom. The molecule has 0 spiro atoms. The molecule has 0 fully saturated rings. The van der Waals surface area contributed by atoms with E-state index in [0.29, 0.717) is 43.0 Å². The summed E-state index contributed by atoms with van der Waals surface area (Å²) in [7, 11) is 0. The van der Waals surface area contributed by atoms with E-state index >= 15 is 0 Å². The first kappa shape index (κ1) is 13.9. The molecule has 94 valence electrons. The molecule has 5 nitrogen and oxygen atoms in total. The number of anilines is 1. The van der Waals surface area contributed by atoms with Gasteiger partial charge >= 0.3 is 0 Å². The number of hydrogen-bond acceptors (Lipinski definition) is 5. The van der Waals surface area contributed by atoms with Gasteiger partial charge in [0.05, 0.1) is 5.56 Å². The van der Waals surface area contributed by atoms with Crippen molar-refractivity contribution < 1.29 is 9.90 Å². The van der Waals surface area contributed by atoms with Crippen molar-refractivity contribution in [1.29, 1.82) is 0 Å². The molecule has 0 saturated heterocycles. The Labute approximate surface area is 105 Å². The molecule has 1 aromatic heterocycles. The van der Waals surface area contributed by atoms with Crippen molar-refractivity contribution >= 4 is 23.7 Å². The molecule has 1 rings (SSSR count). The molecule has 1 heterocycles. The van der Waals surface area contributed by atoms with Crippen LogP contribution >= 0.6 is 11.6 Å². The predicted molar refractivity (Wildman–Crippen MR) is 66.8 cm³/mol. The molecule has 0 saturated carbocycles. The first-order valence-corrected chi connectivity index (χ1v) is 5.87. The summed E-state index contributed by atoms with van der Waals surface area (Å²) in [6, 6.07) is 0. The number of halogens is 1. The fourth-order valence-corrected chi connectivity index (χ4v) is 1.80. The normalized spacial score (nSPS) is 10.4. The minimum Gasteiger partial charge on any atom is -0.396 e. The van der Waals surface area contributed by atoms with Gasteiger partial charge in [0.15, 0.2) is 6.29 Å². The lowest BCUT2D eigenvalue weighted by Gasteiger charge is -2.23. The fraction of sp³-hybridized carbons (Fsp3) is 0.545. The van der Waals surface area contributed by atoms with E-state index in [0.717, 1.165) is 0 Å². The van der Waals surface area contributed by atoms with Crippen LogP contribution in [0.5, 0.6) is 0 Å². The van der Waals surface area contributed by atoms with Gasteiger partial charge in [0, 0.05) is 19.7 Å². The maximum Gasteiger partial charge on any atom is 0.156 e. The maximum absolute atomic E-state index is 11.0. The van der Waals surface area contributed by atoms with E-state index in [-0.39, 0.29) is 11.8 Å². The summed E-state index contributed by atoms with van der Waals surface area (Å²) in [5.74, 6) is 1.06. The fourth-order valence-electron chi connectivity index (χ4n) is 1.55. The third-order valence-corrected chi connectivity index (χ3v) is 2.66. The van der Waals surface area contributed by atoms with Gasteiger partial charge < -0.3 is 10.0 Å². The summed E-state index contributed by atoms with van der Waals surface area (Å²) < 4.78 is 0. The van der Waals surface area contributed by atoms with Crippen LogP contribution in [0.2, 0.25) is 5.15 Å². The van der Waals surface area contributed by atoms with Gasteiger partial charge in [-0.3, -0.25) is 4.79 Å². The zero-order valence-electron chi connectivity index (χ0n) is 9.98. The Balaban J connectivity index is 3.12. The topological polar surface area (TPSA) is 66.3 Å². The molecule has 1 N–H and O–H groups in total. The van der Waals surface area contributed by atoms with Gasteiger partial charge in [-0.2, -0.15) is 0 Å². The predicted octanol–water partition coefficient (Wildman–Crippen LogP) is 1.46. The van der Waals surface area contributed by atoms with E-state index in [9.17, 15) is 4.79 Å². The lowest BCUT2D eigenvalue weighted by Crippen LogP contribution is -2.27. The van der Waals surface area contributed by atoms with E-state index < -0.39 is 0 Å². The third kappa shape index (κ3) is 3.38. The van der Waals surface area contributed by atoms with Crippen LogP contribution in [0.4, 0.5) is 5.82 Å². The van der Waals surface area contributed by atoms with Crippen LogP contribution in [-0.2, 0) is 0 Å². The summed E-state index contributed by atoms with van der Waals surface area (Å²) in [6.07, 6.45) is 1.28. The Hall–Kier alpha value is -1.20. The summed E-state index contributed by atoms with van der Waals surface area (Å²) in [6.45, 7) is 5.10. The summed E-state index contributed by atoms with van der Waals surface area (Å²) in [4.78, 5) is 21.1. The number of carbonyl (C=O) groups is 1. The first-order chi connectivity index (χ1) is 8.13. The number of hydrogen-bond donors (Lipinski definition) is 1. The van der Waals surface area contributed by atoms with Gasteiger partial charge in [-0.1, -0.05) is 11.6 Å². The second-order valence-corrected chi connectivity index (χ2v) is 3.93. The molecule has 1 aromatic rings. The van der Waals surface area contributed by atoms with E-state index in [2.05, 4.69) is 9.97 Å². The van der Waals surface area contributed by atoms with Gasteiger partial charge in [-0.15, -0.1) is 0 Å². The SMILES string of the molecule is CCN(CCCO)c1nc(C)nc(Cl)c1C=O. The lowest BCUT2D eigenvalue weighted by atomic mass is 10.3. The van der Waals surface area contributed by atoms with Crippen molar-refractivity contribution in [1.82, 2.24) is 9.97 Å².